The van der Waals surface area contributed by atoms with Crippen LogP contribution in [0.4, 0.5) is 0 Å². The average molecular weight is 304 g/mol. The van der Waals surface area contributed by atoms with Gasteiger partial charge in [-0.2, -0.15) is 0 Å². The van der Waals surface area contributed by atoms with Crippen molar-refractivity contribution in [3.05, 3.63) is 64.2 Å². The van der Waals surface area contributed by atoms with E-state index in [1.54, 1.807) is 0 Å². The summed E-state index contributed by atoms with van der Waals surface area (Å²) in [5.41, 5.74) is 3.55. The fourth-order valence-corrected chi connectivity index (χ4v) is 2.20. The second-order valence-corrected chi connectivity index (χ2v) is 5.98. The van der Waals surface area contributed by atoms with Gasteiger partial charge in [-0.1, -0.05) is 61.3 Å². The molecule has 0 amide bonds. The number of halogens is 1. The van der Waals surface area contributed by atoms with Crippen molar-refractivity contribution in [1.82, 2.24) is 5.32 Å². The predicted octanol–water partition coefficient (Wildman–Crippen LogP) is 4.73. The highest BCUT2D eigenvalue weighted by Gasteiger charge is 2.04. The van der Waals surface area contributed by atoms with Crippen molar-refractivity contribution in [3.63, 3.8) is 0 Å². The molecule has 0 fully saturated rings. The van der Waals surface area contributed by atoms with Crippen LogP contribution in [0.1, 0.15) is 30.5 Å². The minimum absolute atomic E-state index is 0.459. The monoisotopic (exact) mass is 303 g/mol. The maximum absolute atomic E-state index is 6.28. The number of ether oxygens (including phenoxy) is 1. The van der Waals surface area contributed by atoms with Gasteiger partial charge in [-0.3, -0.25) is 0 Å². The molecular formula is C18H22ClNO. The first-order valence-corrected chi connectivity index (χ1v) is 7.62. The van der Waals surface area contributed by atoms with Gasteiger partial charge in [0.2, 0.25) is 0 Å². The number of nitrogens with one attached hydrogen (secondary N) is 1. The van der Waals surface area contributed by atoms with Crippen LogP contribution in [0.2, 0.25) is 5.02 Å². The number of hydrogen-bond acceptors (Lipinski definition) is 2. The van der Waals surface area contributed by atoms with Gasteiger partial charge in [0, 0.05) is 12.6 Å². The molecule has 0 bridgehead atoms. The van der Waals surface area contributed by atoms with Gasteiger partial charge in [0.1, 0.15) is 12.4 Å². The molecule has 2 rings (SSSR count). The molecular weight excluding hydrogens is 282 g/mol. The summed E-state index contributed by atoms with van der Waals surface area (Å²) in [6, 6.07) is 14.7. The molecule has 2 nitrogen and oxygen atoms in total. The third-order valence-electron chi connectivity index (χ3n) is 3.23. The van der Waals surface area contributed by atoms with Crippen LogP contribution in [0.3, 0.4) is 0 Å². The van der Waals surface area contributed by atoms with E-state index in [1.807, 2.05) is 18.2 Å². The van der Waals surface area contributed by atoms with Crippen LogP contribution in [-0.2, 0) is 13.2 Å². The molecule has 0 aliphatic carbocycles. The highest BCUT2D eigenvalue weighted by atomic mass is 35.5. The zero-order valence-corrected chi connectivity index (χ0v) is 13.6. The number of rotatable bonds is 6. The summed E-state index contributed by atoms with van der Waals surface area (Å²) in [7, 11) is 0. The van der Waals surface area contributed by atoms with Crippen LogP contribution < -0.4 is 10.1 Å². The van der Waals surface area contributed by atoms with Crippen LogP contribution in [0, 0.1) is 6.92 Å². The Hall–Kier alpha value is -1.51. The van der Waals surface area contributed by atoms with Crippen LogP contribution in [-0.4, -0.2) is 6.04 Å². The van der Waals surface area contributed by atoms with Gasteiger partial charge in [-0.25, -0.2) is 0 Å². The molecule has 0 unspecified atom stereocenters. The van der Waals surface area contributed by atoms with E-state index >= 15 is 0 Å². The maximum Gasteiger partial charge on any atom is 0.138 e. The Labute approximate surface area is 132 Å². The van der Waals surface area contributed by atoms with Crippen LogP contribution in [0.15, 0.2) is 42.5 Å². The Kier molecular flexibility index (Phi) is 5.66. The minimum Gasteiger partial charge on any atom is -0.487 e. The zero-order valence-electron chi connectivity index (χ0n) is 12.8. The molecule has 0 saturated heterocycles. The molecule has 0 aromatic heterocycles. The Morgan fingerprint density at radius 1 is 1.05 bits per heavy atom. The van der Waals surface area contributed by atoms with Gasteiger partial charge < -0.3 is 10.1 Å². The molecule has 2 aromatic carbocycles. The molecule has 0 aliphatic rings. The summed E-state index contributed by atoms with van der Waals surface area (Å²) < 4.78 is 5.79. The van der Waals surface area contributed by atoms with E-state index in [0.29, 0.717) is 17.7 Å². The van der Waals surface area contributed by atoms with Crippen molar-refractivity contribution in [2.45, 2.75) is 40.0 Å². The SMILES string of the molecule is Cc1ccc(COc2ccc(CNC(C)C)cc2Cl)cc1. The van der Waals surface area contributed by atoms with Gasteiger partial charge in [-0.15, -0.1) is 0 Å². The summed E-state index contributed by atoms with van der Waals surface area (Å²) in [6.07, 6.45) is 0. The summed E-state index contributed by atoms with van der Waals surface area (Å²) in [5.74, 6) is 0.727. The molecule has 21 heavy (non-hydrogen) atoms. The van der Waals surface area contributed by atoms with Crippen molar-refractivity contribution >= 4 is 11.6 Å². The van der Waals surface area contributed by atoms with E-state index in [1.165, 1.54) is 5.56 Å². The second-order valence-electron chi connectivity index (χ2n) is 5.57. The Balaban J connectivity index is 1.95. The summed E-state index contributed by atoms with van der Waals surface area (Å²) >= 11 is 6.28. The standard InChI is InChI=1S/C18H22ClNO/c1-13(2)20-11-16-8-9-18(17(19)10-16)21-12-15-6-4-14(3)5-7-15/h4-10,13,20H,11-12H2,1-3H3. The first-order chi connectivity index (χ1) is 10.0. The zero-order chi connectivity index (χ0) is 15.2. The lowest BCUT2D eigenvalue weighted by molar-refractivity contribution is 0.306. The molecule has 1 N–H and O–H groups in total. The van der Waals surface area contributed by atoms with E-state index in [-0.39, 0.29) is 0 Å². The van der Waals surface area contributed by atoms with Gasteiger partial charge in [-0.05, 0) is 30.2 Å². The fraction of sp³-hybridized carbons (Fsp3) is 0.333. The smallest absolute Gasteiger partial charge is 0.138 e. The van der Waals surface area contributed by atoms with Crippen molar-refractivity contribution in [3.8, 4) is 5.75 Å². The fourth-order valence-electron chi connectivity index (χ4n) is 1.94. The number of aryl methyl sites for hydroxylation is 1. The van der Waals surface area contributed by atoms with E-state index < -0.39 is 0 Å². The van der Waals surface area contributed by atoms with Crippen molar-refractivity contribution < 1.29 is 4.74 Å². The molecule has 112 valence electrons. The molecule has 2 aromatic rings. The molecule has 0 saturated carbocycles. The third-order valence-corrected chi connectivity index (χ3v) is 3.52. The Bertz CT molecular complexity index is 578. The lowest BCUT2D eigenvalue weighted by Gasteiger charge is -2.11. The Morgan fingerprint density at radius 3 is 2.33 bits per heavy atom. The summed E-state index contributed by atoms with van der Waals surface area (Å²) in [4.78, 5) is 0. The first kappa shape index (κ1) is 15.9. The van der Waals surface area contributed by atoms with Crippen molar-refractivity contribution in [2.75, 3.05) is 0 Å². The van der Waals surface area contributed by atoms with Gasteiger partial charge in [0.15, 0.2) is 0 Å². The normalized spacial score (nSPS) is 10.9. The van der Waals surface area contributed by atoms with Crippen molar-refractivity contribution in [2.24, 2.45) is 0 Å². The maximum atomic E-state index is 6.28. The largest absolute Gasteiger partial charge is 0.487 e. The van der Waals surface area contributed by atoms with E-state index in [0.717, 1.165) is 23.4 Å². The lowest BCUT2D eigenvalue weighted by atomic mass is 10.1. The highest BCUT2D eigenvalue weighted by molar-refractivity contribution is 6.32. The van der Waals surface area contributed by atoms with Crippen molar-refractivity contribution in [1.29, 1.82) is 0 Å². The third kappa shape index (κ3) is 5.07. The lowest BCUT2D eigenvalue weighted by Crippen LogP contribution is -2.21. The molecule has 0 atom stereocenters. The van der Waals surface area contributed by atoms with E-state index in [9.17, 15) is 0 Å². The van der Waals surface area contributed by atoms with E-state index in [2.05, 4.69) is 50.4 Å². The molecule has 0 spiro atoms. The van der Waals surface area contributed by atoms with Gasteiger partial charge in [0.05, 0.1) is 5.02 Å². The molecule has 0 heterocycles. The molecule has 0 aliphatic heterocycles. The molecule has 0 radical (unpaired) electrons. The first-order valence-electron chi connectivity index (χ1n) is 7.25. The average Bonchev–Trinajstić information content (AvgIpc) is 2.46. The quantitative estimate of drug-likeness (QED) is 0.833. The van der Waals surface area contributed by atoms with Crippen LogP contribution in [0.5, 0.6) is 5.75 Å². The number of benzene rings is 2. The van der Waals surface area contributed by atoms with Gasteiger partial charge in [0.25, 0.3) is 0 Å². The summed E-state index contributed by atoms with van der Waals surface area (Å²) in [5, 5.41) is 4.03. The van der Waals surface area contributed by atoms with Crippen LogP contribution in [0.25, 0.3) is 0 Å². The topological polar surface area (TPSA) is 21.3 Å². The number of hydrogen-bond donors (Lipinski definition) is 1. The van der Waals surface area contributed by atoms with E-state index in [4.69, 9.17) is 16.3 Å². The molecule has 3 heteroatoms. The van der Waals surface area contributed by atoms with Gasteiger partial charge >= 0.3 is 0 Å². The summed E-state index contributed by atoms with van der Waals surface area (Å²) in [6.45, 7) is 7.67. The highest BCUT2D eigenvalue weighted by Crippen LogP contribution is 2.26. The van der Waals surface area contributed by atoms with Crippen LogP contribution >= 0.6 is 11.6 Å². The second kappa shape index (κ2) is 7.48. The minimum atomic E-state index is 0.459. The predicted molar refractivity (Wildman–Crippen MR) is 88.9 cm³/mol. The Morgan fingerprint density at radius 2 is 1.71 bits per heavy atom.